The number of pyridine rings is 2. The Balaban J connectivity index is 2.91. The van der Waals surface area contributed by atoms with Crippen LogP contribution in [-0.2, 0) is 0 Å². The Labute approximate surface area is 69.7 Å². The average Bonchev–Trinajstić information content (AvgIpc) is 2.06. The van der Waals surface area contributed by atoms with Gasteiger partial charge in [-0.25, -0.2) is 0 Å². The van der Waals surface area contributed by atoms with Crippen LogP contribution < -0.4 is 0 Å². The van der Waals surface area contributed by atoms with Crippen LogP contribution in [0.25, 0.3) is 10.8 Å². The van der Waals surface area contributed by atoms with Gasteiger partial charge in [0.1, 0.15) is 0 Å². The molecule has 2 nitrogen and oxygen atoms in total. The molecule has 3 heteroatoms. The minimum Gasteiger partial charge on any atom is -0.264 e. The van der Waals surface area contributed by atoms with Gasteiger partial charge in [-0.15, -0.1) is 12.6 Å². The topological polar surface area (TPSA) is 25.8 Å². The molecule has 54 valence electrons. The van der Waals surface area contributed by atoms with Crippen LogP contribution in [0, 0.1) is 0 Å². The zero-order valence-electron chi connectivity index (χ0n) is 5.73. The highest BCUT2D eigenvalue weighted by molar-refractivity contribution is 7.80. The van der Waals surface area contributed by atoms with Gasteiger partial charge in [0.15, 0.2) is 0 Å². The molecule has 0 unspecified atom stereocenters. The van der Waals surface area contributed by atoms with Crippen molar-refractivity contribution in [3.8, 4) is 0 Å². The minimum absolute atomic E-state index is 0.871. The Hall–Kier alpha value is -1.09. The molecule has 0 aliphatic heterocycles. The number of rotatable bonds is 0. The SMILES string of the molecule is Sc1cncc2ccncc12. The van der Waals surface area contributed by atoms with E-state index in [0.29, 0.717) is 0 Å². The fourth-order valence-electron chi connectivity index (χ4n) is 0.990. The highest BCUT2D eigenvalue weighted by atomic mass is 32.1. The maximum atomic E-state index is 4.25. The Bertz CT molecular complexity index is 381. The van der Waals surface area contributed by atoms with Gasteiger partial charge < -0.3 is 0 Å². The molecule has 0 atom stereocenters. The summed E-state index contributed by atoms with van der Waals surface area (Å²) >= 11 is 4.25. The van der Waals surface area contributed by atoms with Crippen LogP contribution in [-0.4, -0.2) is 9.97 Å². The minimum atomic E-state index is 0.871. The maximum Gasteiger partial charge on any atom is 0.0408 e. The summed E-state index contributed by atoms with van der Waals surface area (Å²) in [5.74, 6) is 0. The standard InChI is InChI=1S/C8H6N2S/c11-8-5-10-3-6-1-2-9-4-7(6)8/h1-5,11H. The molecular weight excluding hydrogens is 156 g/mol. The summed E-state index contributed by atoms with van der Waals surface area (Å²) in [6.07, 6.45) is 7.06. The molecule has 11 heavy (non-hydrogen) atoms. The van der Waals surface area contributed by atoms with E-state index >= 15 is 0 Å². The first-order valence-corrected chi connectivity index (χ1v) is 3.69. The smallest absolute Gasteiger partial charge is 0.0408 e. The first kappa shape index (κ1) is 6.61. The third kappa shape index (κ3) is 1.07. The second-order valence-electron chi connectivity index (χ2n) is 2.26. The summed E-state index contributed by atoms with van der Waals surface area (Å²) in [4.78, 5) is 8.88. The van der Waals surface area contributed by atoms with E-state index in [2.05, 4.69) is 22.6 Å². The van der Waals surface area contributed by atoms with Crippen molar-refractivity contribution in [1.82, 2.24) is 9.97 Å². The van der Waals surface area contributed by atoms with Gasteiger partial charge in [0.05, 0.1) is 0 Å². The Kier molecular flexibility index (Phi) is 1.51. The highest BCUT2D eigenvalue weighted by Gasteiger charge is 1.94. The molecule has 0 aliphatic rings. The van der Waals surface area contributed by atoms with Crippen molar-refractivity contribution in [3.05, 3.63) is 30.9 Å². The van der Waals surface area contributed by atoms with Crippen LogP contribution in [0.4, 0.5) is 0 Å². The molecule has 0 saturated carbocycles. The summed E-state index contributed by atoms with van der Waals surface area (Å²) in [6, 6.07) is 1.92. The molecule has 0 aromatic carbocycles. The predicted molar refractivity (Wildman–Crippen MR) is 46.8 cm³/mol. The fraction of sp³-hybridized carbons (Fsp3) is 0. The van der Waals surface area contributed by atoms with Crippen molar-refractivity contribution in [2.45, 2.75) is 4.90 Å². The predicted octanol–water partition coefficient (Wildman–Crippen LogP) is 1.92. The molecule has 2 aromatic heterocycles. The zero-order valence-corrected chi connectivity index (χ0v) is 6.62. The number of hydrogen-bond acceptors (Lipinski definition) is 3. The van der Waals surface area contributed by atoms with Gasteiger partial charge in [-0.2, -0.15) is 0 Å². The molecule has 0 saturated heterocycles. The van der Waals surface area contributed by atoms with Crippen LogP contribution >= 0.6 is 12.6 Å². The fourth-order valence-corrected chi connectivity index (χ4v) is 1.24. The third-order valence-electron chi connectivity index (χ3n) is 1.54. The Morgan fingerprint density at radius 3 is 2.82 bits per heavy atom. The quantitative estimate of drug-likeness (QED) is 0.599. The summed E-state index contributed by atoms with van der Waals surface area (Å²) < 4.78 is 0. The van der Waals surface area contributed by atoms with Gasteiger partial charge in [-0.1, -0.05) is 0 Å². The van der Waals surface area contributed by atoms with E-state index in [4.69, 9.17) is 0 Å². The molecule has 0 bridgehead atoms. The van der Waals surface area contributed by atoms with E-state index in [1.54, 1.807) is 24.8 Å². The molecule has 0 N–H and O–H groups in total. The monoisotopic (exact) mass is 162 g/mol. The average molecular weight is 162 g/mol. The van der Waals surface area contributed by atoms with Crippen molar-refractivity contribution in [2.75, 3.05) is 0 Å². The summed E-state index contributed by atoms with van der Waals surface area (Å²) in [7, 11) is 0. The first-order chi connectivity index (χ1) is 5.38. The van der Waals surface area contributed by atoms with Crippen LogP contribution in [0.1, 0.15) is 0 Å². The van der Waals surface area contributed by atoms with E-state index in [1.807, 2.05) is 6.07 Å². The van der Waals surface area contributed by atoms with Gasteiger partial charge in [-0.05, 0) is 6.07 Å². The van der Waals surface area contributed by atoms with Gasteiger partial charge in [0.25, 0.3) is 0 Å². The normalized spacial score (nSPS) is 10.3. The Morgan fingerprint density at radius 2 is 2.00 bits per heavy atom. The second-order valence-corrected chi connectivity index (χ2v) is 2.74. The summed E-state index contributed by atoms with van der Waals surface area (Å²) in [6.45, 7) is 0. The van der Waals surface area contributed by atoms with Crippen molar-refractivity contribution >= 4 is 23.4 Å². The van der Waals surface area contributed by atoms with Gasteiger partial charge in [0, 0.05) is 40.5 Å². The molecule has 0 aliphatic carbocycles. The molecule has 2 aromatic rings. The molecule has 0 fully saturated rings. The van der Waals surface area contributed by atoms with Crippen LogP contribution in [0.5, 0.6) is 0 Å². The van der Waals surface area contributed by atoms with E-state index < -0.39 is 0 Å². The van der Waals surface area contributed by atoms with Crippen molar-refractivity contribution in [1.29, 1.82) is 0 Å². The number of hydrogen-bond donors (Lipinski definition) is 1. The number of nitrogens with zero attached hydrogens (tertiary/aromatic N) is 2. The highest BCUT2D eigenvalue weighted by Crippen LogP contribution is 2.17. The van der Waals surface area contributed by atoms with E-state index in [9.17, 15) is 0 Å². The summed E-state index contributed by atoms with van der Waals surface area (Å²) in [5, 5.41) is 2.12. The molecule has 2 rings (SSSR count). The van der Waals surface area contributed by atoms with Crippen LogP contribution in [0.3, 0.4) is 0 Å². The summed E-state index contributed by atoms with van der Waals surface area (Å²) in [5.41, 5.74) is 0. The maximum absolute atomic E-state index is 4.25. The molecule has 0 radical (unpaired) electrons. The molecule has 0 spiro atoms. The lowest BCUT2D eigenvalue weighted by atomic mass is 10.2. The van der Waals surface area contributed by atoms with Gasteiger partial charge in [0.2, 0.25) is 0 Å². The number of aromatic nitrogens is 2. The van der Waals surface area contributed by atoms with Crippen molar-refractivity contribution < 1.29 is 0 Å². The Morgan fingerprint density at radius 1 is 1.09 bits per heavy atom. The van der Waals surface area contributed by atoms with Crippen LogP contribution in [0.15, 0.2) is 35.7 Å². The van der Waals surface area contributed by atoms with E-state index in [-0.39, 0.29) is 0 Å². The number of fused-ring (bicyclic) bond motifs is 1. The van der Waals surface area contributed by atoms with E-state index in [1.165, 1.54) is 0 Å². The van der Waals surface area contributed by atoms with Gasteiger partial charge in [-0.3, -0.25) is 9.97 Å². The van der Waals surface area contributed by atoms with Crippen molar-refractivity contribution in [2.24, 2.45) is 0 Å². The second kappa shape index (κ2) is 2.51. The molecule has 2 heterocycles. The lowest BCUT2D eigenvalue weighted by molar-refractivity contribution is 1.26. The largest absolute Gasteiger partial charge is 0.264 e. The third-order valence-corrected chi connectivity index (χ3v) is 1.90. The lowest BCUT2D eigenvalue weighted by Crippen LogP contribution is -1.78. The zero-order chi connectivity index (χ0) is 7.68. The van der Waals surface area contributed by atoms with Crippen LogP contribution in [0.2, 0.25) is 0 Å². The lowest BCUT2D eigenvalue weighted by Gasteiger charge is -1.96. The first-order valence-electron chi connectivity index (χ1n) is 3.24. The van der Waals surface area contributed by atoms with E-state index in [0.717, 1.165) is 15.7 Å². The van der Waals surface area contributed by atoms with Gasteiger partial charge >= 0.3 is 0 Å². The molecule has 0 amide bonds. The molecular formula is C8H6N2S. The number of thiol groups is 1. The van der Waals surface area contributed by atoms with Crippen molar-refractivity contribution in [3.63, 3.8) is 0 Å².